The van der Waals surface area contributed by atoms with Gasteiger partial charge in [0.1, 0.15) is 48.8 Å². The van der Waals surface area contributed by atoms with Crippen LogP contribution in [0.1, 0.15) is 206 Å². The van der Waals surface area contributed by atoms with E-state index in [1.54, 1.807) is 0 Å². The maximum atomic E-state index is 13.2. The van der Waals surface area contributed by atoms with E-state index in [0.29, 0.717) is 12.8 Å². The molecule has 2 saturated heterocycles. The highest BCUT2D eigenvalue weighted by atomic mass is 16.7. The minimum atomic E-state index is -1.78. The molecule has 0 aromatic heterocycles. The number of nitrogens with one attached hydrogen (secondary N) is 1. The lowest BCUT2D eigenvalue weighted by atomic mass is 9.97. The van der Waals surface area contributed by atoms with E-state index in [0.717, 1.165) is 83.5 Å². The number of rotatable bonds is 43. The second-order valence-corrected chi connectivity index (χ2v) is 19.7. The van der Waals surface area contributed by atoms with Crippen molar-refractivity contribution in [3.8, 4) is 0 Å². The van der Waals surface area contributed by atoms with E-state index in [9.17, 15) is 45.6 Å². The predicted molar refractivity (Wildman–Crippen MR) is 277 cm³/mol. The quantitative estimate of drug-likeness (QED) is 0.0207. The van der Waals surface area contributed by atoms with Gasteiger partial charge in [-0.25, -0.2) is 0 Å². The highest BCUT2D eigenvalue weighted by molar-refractivity contribution is 5.76. The highest BCUT2D eigenvalue weighted by Gasteiger charge is 2.51. The third-order valence-corrected chi connectivity index (χ3v) is 13.6. The van der Waals surface area contributed by atoms with Gasteiger partial charge in [0.15, 0.2) is 12.6 Å². The molecule has 2 fully saturated rings. The number of hydrogen-bond acceptors (Lipinski definition) is 13. The lowest BCUT2D eigenvalue weighted by Gasteiger charge is -2.46. The zero-order chi connectivity index (χ0) is 51.0. The molecule has 14 nitrogen and oxygen atoms in total. The molecule has 2 rings (SSSR count). The number of aliphatic hydroxyl groups excluding tert-OH is 8. The molecule has 0 radical (unpaired) electrons. The van der Waals surface area contributed by atoms with Gasteiger partial charge in [-0.15, -0.1) is 0 Å². The van der Waals surface area contributed by atoms with Gasteiger partial charge in [0.2, 0.25) is 5.91 Å². The van der Waals surface area contributed by atoms with Gasteiger partial charge in [-0.3, -0.25) is 4.79 Å². The first-order valence-corrected chi connectivity index (χ1v) is 27.9. The number of ether oxygens (including phenoxy) is 4. The molecular formula is C56H101NO13. The smallest absolute Gasteiger partial charge is 0.220 e. The molecule has 1 amide bonds. The molecule has 0 bridgehead atoms. The molecule has 12 atom stereocenters. The van der Waals surface area contributed by atoms with Gasteiger partial charge in [-0.2, -0.15) is 0 Å². The average molecular weight is 996 g/mol. The average Bonchev–Trinajstić information content (AvgIpc) is 3.36. The summed E-state index contributed by atoms with van der Waals surface area (Å²) in [5.74, 6) is -0.212. The van der Waals surface area contributed by atoms with Crippen molar-refractivity contribution >= 4 is 5.91 Å². The van der Waals surface area contributed by atoms with Crippen LogP contribution < -0.4 is 5.32 Å². The first-order chi connectivity index (χ1) is 34.1. The maximum absolute atomic E-state index is 13.2. The Kier molecular flexibility index (Phi) is 38.7. The first-order valence-electron chi connectivity index (χ1n) is 27.9. The SMILES string of the molecule is CC/C=C\C/C=C\C/C=C\C/C=C\CCCCCCCCCCCCCCC(=O)NC(COC1OC(CO)C(OC2OC(CO)C(O)C(O)C2O)C(O)C1O)C(O)CCCCCCCCCCCCC. The Morgan fingerprint density at radius 3 is 1.51 bits per heavy atom. The molecule has 0 aromatic rings. The third kappa shape index (κ3) is 28.4. The molecular weight excluding hydrogens is 895 g/mol. The fourth-order valence-corrected chi connectivity index (χ4v) is 9.05. The van der Waals surface area contributed by atoms with Gasteiger partial charge < -0.3 is 65.1 Å². The zero-order valence-corrected chi connectivity index (χ0v) is 43.5. The van der Waals surface area contributed by atoms with Crippen molar-refractivity contribution in [1.82, 2.24) is 5.32 Å². The van der Waals surface area contributed by atoms with Crippen LogP contribution in [0.25, 0.3) is 0 Å². The summed E-state index contributed by atoms with van der Waals surface area (Å²) in [7, 11) is 0. The predicted octanol–water partition coefficient (Wildman–Crippen LogP) is 8.44. The summed E-state index contributed by atoms with van der Waals surface area (Å²) in [4.78, 5) is 13.2. The molecule has 0 saturated carbocycles. The van der Waals surface area contributed by atoms with Crippen LogP contribution in [0.2, 0.25) is 0 Å². The van der Waals surface area contributed by atoms with Gasteiger partial charge in [0.25, 0.3) is 0 Å². The molecule has 2 aliphatic heterocycles. The largest absolute Gasteiger partial charge is 0.394 e. The van der Waals surface area contributed by atoms with E-state index >= 15 is 0 Å². The minimum Gasteiger partial charge on any atom is -0.394 e. The Labute approximate surface area is 423 Å². The number of unbranched alkanes of at least 4 members (excludes halogenated alkanes) is 22. The topological polar surface area (TPSA) is 228 Å². The van der Waals surface area contributed by atoms with Crippen LogP contribution >= 0.6 is 0 Å². The number of carbonyl (C=O) groups is 1. The number of aliphatic hydroxyl groups is 8. The van der Waals surface area contributed by atoms with Crippen LogP contribution in [0.15, 0.2) is 48.6 Å². The first kappa shape index (κ1) is 64.1. The molecule has 0 aliphatic carbocycles. The minimum absolute atomic E-state index is 0.212. The van der Waals surface area contributed by atoms with Crippen molar-refractivity contribution in [2.45, 2.75) is 280 Å². The summed E-state index contributed by atoms with van der Waals surface area (Å²) in [5.41, 5.74) is 0. The molecule has 9 N–H and O–H groups in total. The lowest BCUT2D eigenvalue weighted by molar-refractivity contribution is -0.359. The second kappa shape index (κ2) is 42.3. The van der Waals surface area contributed by atoms with Gasteiger partial charge in [-0.1, -0.05) is 197 Å². The standard InChI is InChI=1S/C56H101NO13/c1-3-5-7-9-11-13-15-16-17-18-19-20-21-22-23-24-25-26-27-28-30-32-34-36-38-40-48(61)57-44(45(60)39-37-35-33-31-29-14-12-10-8-6-4-2)43-67-55-53(66)51(64)54(47(42-59)69-55)70-56-52(65)50(63)49(62)46(41-58)68-56/h5,7,11,13,16-17,19-20,44-47,49-56,58-60,62-66H,3-4,6,8-10,12,14-15,18,21-43H2,1-2H3,(H,57,61)/b7-5-,13-11-,17-16-,20-19-. The van der Waals surface area contributed by atoms with Gasteiger partial charge in [-0.05, 0) is 51.4 Å². The fraction of sp³-hybridized carbons (Fsp3) is 0.839. The van der Waals surface area contributed by atoms with Crippen molar-refractivity contribution in [2.24, 2.45) is 0 Å². The van der Waals surface area contributed by atoms with E-state index in [2.05, 4.69) is 67.8 Å². The highest BCUT2D eigenvalue weighted by Crippen LogP contribution is 2.30. The van der Waals surface area contributed by atoms with Crippen molar-refractivity contribution in [2.75, 3.05) is 19.8 Å². The van der Waals surface area contributed by atoms with Crippen molar-refractivity contribution in [3.63, 3.8) is 0 Å². The fourth-order valence-electron chi connectivity index (χ4n) is 9.05. The van der Waals surface area contributed by atoms with Gasteiger partial charge in [0, 0.05) is 6.42 Å². The zero-order valence-electron chi connectivity index (χ0n) is 43.5. The Balaban J connectivity index is 1.72. The van der Waals surface area contributed by atoms with Crippen LogP contribution in [0, 0.1) is 0 Å². The Hall–Kier alpha value is -2.05. The Morgan fingerprint density at radius 1 is 0.529 bits per heavy atom. The summed E-state index contributed by atoms with van der Waals surface area (Å²) in [6.45, 7) is 2.72. The summed E-state index contributed by atoms with van der Waals surface area (Å²) >= 11 is 0. The van der Waals surface area contributed by atoms with Crippen LogP contribution in [-0.2, 0) is 23.7 Å². The second-order valence-electron chi connectivity index (χ2n) is 19.7. The van der Waals surface area contributed by atoms with E-state index in [4.69, 9.17) is 18.9 Å². The van der Waals surface area contributed by atoms with Gasteiger partial charge >= 0.3 is 0 Å². The Bertz CT molecular complexity index is 1360. The van der Waals surface area contributed by atoms with Crippen molar-refractivity contribution < 1.29 is 64.6 Å². The normalized spacial score (nSPS) is 26.3. The van der Waals surface area contributed by atoms with E-state index in [1.807, 2.05) is 0 Å². The third-order valence-electron chi connectivity index (χ3n) is 13.6. The van der Waals surface area contributed by atoms with Crippen molar-refractivity contribution in [1.29, 1.82) is 0 Å². The molecule has 14 heteroatoms. The van der Waals surface area contributed by atoms with E-state index in [1.165, 1.54) is 96.3 Å². The molecule has 0 spiro atoms. The summed E-state index contributed by atoms with van der Waals surface area (Å²) in [6.07, 6.45) is 34.0. The molecule has 408 valence electrons. The Morgan fingerprint density at radius 2 is 0.986 bits per heavy atom. The number of allylic oxidation sites excluding steroid dienone is 8. The van der Waals surface area contributed by atoms with Crippen LogP contribution in [0.5, 0.6) is 0 Å². The molecule has 2 heterocycles. The summed E-state index contributed by atoms with van der Waals surface area (Å²) < 4.78 is 22.8. The number of hydrogen-bond donors (Lipinski definition) is 9. The van der Waals surface area contributed by atoms with Crippen LogP contribution in [-0.4, -0.2) is 140 Å². The maximum Gasteiger partial charge on any atom is 0.220 e. The lowest BCUT2D eigenvalue weighted by Crippen LogP contribution is -2.65. The summed E-state index contributed by atoms with van der Waals surface area (Å²) in [6, 6.07) is -0.829. The van der Waals surface area contributed by atoms with Crippen molar-refractivity contribution in [3.05, 3.63) is 48.6 Å². The van der Waals surface area contributed by atoms with E-state index in [-0.39, 0.29) is 12.5 Å². The number of amides is 1. The molecule has 2 aliphatic rings. The molecule has 12 unspecified atom stereocenters. The monoisotopic (exact) mass is 996 g/mol. The van der Waals surface area contributed by atoms with E-state index < -0.39 is 86.8 Å². The van der Waals surface area contributed by atoms with Gasteiger partial charge in [0.05, 0.1) is 32.0 Å². The number of carbonyl (C=O) groups excluding carboxylic acids is 1. The molecule has 70 heavy (non-hydrogen) atoms. The van der Waals surface area contributed by atoms with Crippen LogP contribution in [0.4, 0.5) is 0 Å². The molecule has 0 aromatic carbocycles. The van der Waals surface area contributed by atoms with Crippen LogP contribution in [0.3, 0.4) is 0 Å². The summed E-state index contributed by atoms with van der Waals surface area (Å²) in [5, 5.41) is 87.0.